The quantitative estimate of drug-likeness (QED) is 0.796. The second kappa shape index (κ2) is 7.42. The number of ether oxygens (including phenoxy) is 1. The van der Waals surface area contributed by atoms with Crippen LogP contribution in [0.5, 0.6) is 5.75 Å². The number of rotatable bonds is 7. The summed E-state index contributed by atoms with van der Waals surface area (Å²) in [4.78, 5) is 0. The molecule has 0 spiro atoms. The monoisotopic (exact) mass is 249 g/mol. The Kier molecular flexibility index (Phi) is 6.20. The van der Waals surface area contributed by atoms with Crippen LogP contribution in [0.4, 0.5) is 0 Å². The molecule has 0 fully saturated rings. The van der Waals surface area contributed by atoms with E-state index in [9.17, 15) is 0 Å². The van der Waals surface area contributed by atoms with E-state index in [0.717, 1.165) is 18.8 Å². The van der Waals surface area contributed by atoms with Crippen molar-refractivity contribution in [2.24, 2.45) is 11.8 Å². The van der Waals surface area contributed by atoms with Crippen LogP contribution in [0.2, 0.25) is 0 Å². The van der Waals surface area contributed by atoms with Crippen LogP contribution < -0.4 is 10.1 Å². The highest BCUT2D eigenvalue weighted by molar-refractivity contribution is 5.26. The van der Waals surface area contributed by atoms with Crippen molar-refractivity contribution in [3.05, 3.63) is 29.8 Å². The molecule has 0 aliphatic heterocycles. The van der Waals surface area contributed by atoms with Gasteiger partial charge in [0.2, 0.25) is 0 Å². The van der Waals surface area contributed by atoms with E-state index in [1.54, 1.807) is 0 Å². The molecule has 1 atom stereocenters. The van der Waals surface area contributed by atoms with E-state index in [0.29, 0.717) is 11.8 Å². The first-order valence-corrected chi connectivity index (χ1v) is 6.93. The summed E-state index contributed by atoms with van der Waals surface area (Å²) in [6.07, 6.45) is 0.228. The summed E-state index contributed by atoms with van der Waals surface area (Å²) in [5.74, 6) is 2.15. The third kappa shape index (κ3) is 5.54. The van der Waals surface area contributed by atoms with E-state index in [4.69, 9.17) is 4.74 Å². The van der Waals surface area contributed by atoms with E-state index in [2.05, 4.69) is 52.1 Å². The van der Waals surface area contributed by atoms with Gasteiger partial charge in [-0.3, -0.25) is 0 Å². The van der Waals surface area contributed by atoms with Crippen molar-refractivity contribution in [3.8, 4) is 5.75 Å². The Hall–Kier alpha value is -1.02. The minimum atomic E-state index is 0.228. The van der Waals surface area contributed by atoms with Crippen LogP contribution in [0.25, 0.3) is 0 Å². The number of hydrogen-bond acceptors (Lipinski definition) is 2. The molecule has 1 aromatic rings. The van der Waals surface area contributed by atoms with Crippen LogP contribution >= 0.6 is 0 Å². The Morgan fingerprint density at radius 1 is 1.00 bits per heavy atom. The number of nitrogens with one attached hydrogen (secondary N) is 1. The van der Waals surface area contributed by atoms with E-state index in [-0.39, 0.29) is 6.10 Å². The zero-order chi connectivity index (χ0) is 13.5. The molecular weight excluding hydrogens is 222 g/mol. The van der Waals surface area contributed by atoms with Crippen LogP contribution in [0, 0.1) is 18.8 Å². The van der Waals surface area contributed by atoms with Gasteiger partial charge in [-0.25, -0.2) is 0 Å². The molecule has 1 rings (SSSR count). The normalized spacial score (nSPS) is 13.1. The van der Waals surface area contributed by atoms with Gasteiger partial charge in [-0.1, -0.05) is 45.4 Å². The van der Waals surface area contributed by atoms with Gasteiger partial charge in [-0.2, -0.15) is 0 Å². The smallest absolute Gasteiger partial charge is 0.119 e. The summed E-state index contributed by atoms with van der Waals surface area (Å²) in [6, 6.07) is 8.28. The first kappa shape index (κ1) is 15.0. The highest BCUT2D eigenvalue weighted by Gasteiger charge is 2.14. The van der Waals surface area contributed by atoms with Crippen molar-refractivity contribution in [1.82, 2.24) is 5.32 Å². The Bertz CT molecular complexity index is 329. The van der Waals surface area contributed by atoms with Crippen LogP contribution in [-0.4, -0.2) is 19.2 Å². The zero-order valence-corrected chi connectivity index (χ0v) is 12.4. The molecule has 0 saturated carbocycles. The van der Waals surface area contributed by atoms with Gasteiger partial charge >= 0.3 is 0 Å². The van der Waals surface area contributed by atoms with Crippen molar-refractivity contribution >= 4 is 0 Å². The number of aryl methyl sites for hydroxylation is 1. The lowest BCUT2D eigenvalue weighted by Gasteiger charge is -2.23. The lowest BCUT2D eigenvalue weighted by Crippen LogP contribution is -2.36. The van der Waals surface area contributed by atoms with Gasteiger partial charge < -0.3 is 10.1 Å². The molecule has 0 bridgehead atoms. The van der Waals surface area contributed by atoms with Crippen LogP contribution in [0.15, 0.2) is 24.3 Å². The molecule has 0 heterocycles. The highest BCUT2D eigenvalue weighted by Crippen LogP contribution is 2.16. The van der Waals surface area contributed by atoms with Gasteiger partial charge in [0.25, 0.3) is 0 Å². The first-order chi connectivity index (χ1) is 8.49. The lowest BCUT2D eigenvalue weighted by atomic mass is 10.1. The third-order valence-corrected chi connectivity index (χ3v) is 2.95. The van der Waals surface area contributed by atoms with Gasteiger partial charge in [0.1, 0.15) is 11.9 Å². The summed E-state index contributed by atoms with van der Waals surface area (Å²) in [6.45, 7) is 12.9. The third-order valence-electron chi connectivity index (χ3n) is 2.95. The van der Waals surface area contributed by atoms with E-state index in [1.165, 1.54) is 5.56 Å². The van der Waals surface area contributed by atoms with Crippen LogP contribution in [0.1, 0.15) is 33.3 Å². The van der Waals surface area contributed by atoms with Crippen molar-refractivity contribution in [1.29, 1.82) is 0 Å². The summed E-state index contributed by atoms with van der Waals surface area (Å²) in [7, 11) is 0. The summed E-state index contributed by atoms with van der Waals surface area (Å²) in [5, 5.41) is 3.47. The average Bonchev–Trinajstić information content (AvgIpc) is 2.30. The molecule has 2 nitrogen and oxygen atoms in total. The molecular formula is C16H27NO. The van der Waals surface area contributed by atoms with Crippen molar-refractivity contribution in [2.45, 2.75) is 40.7 Å². The molecule has 18 heavy (non-hydrogen) atoms. The second-order valence-corrected chi connectivity index (χ2v) is 5.77. The maximum atomic E-state index is 6.05. The van der Waals surface area contributed by atoms with Crippen molar-refractivity contribution in [3.63, 3.8) is 0 Å². The number of hydrogen-bond donors (Lipinski definition) is 1. The average molecular weight is 249 g/mol. The molecule has 0 aliphatic rings. The SMILES string of the molecule is Cc1ccc(OC(CNCC(C)C)C(C)C)cc1. The Balaban J connectivity index is 2.49. The summed E-state index contributed by atoms with van der Waals surface area (Å²) in [5.41, 5.74) is 1.27. The number of benzene rings is 1. The summed E-state index contributed by atoms with van der Waals surface area (Å²) < 4.78 is 6.05. The highest BCUT2D eigenvalue weighted by atomic mass is 16.5. The van der Waals surface area contributed by atoms with Crippen molar-refractivity contribution in [2.75, 3.05) is 13.1 Å². The Morgan fingerprint density at radius 2 is 1.61 bits per heavy atom. The van der Waals surface area contributed by atoms with Gasteiger partial charge in [-0.05, 0) is 37.4 Å². The fourth-order valence-electron chi connectivity index (χ4n) is 1.72. The lowest BCUT2D eigenvalue weighted by molar-refractivity contribution is 0.148. The van der Waals surface area contributed by atoms with Crippen LogP contribution in [-0.2, 0) is 0 Å². The molecule has 2 heteroatoms. The first-order valence-electron chi connectivity index (χ1n) is 6.93. The predicted molar refractivity (Wildman–Crippen MR) is 78.1 cm³/mol. The molecule has 0 amide bonds. The fraction of sp³-hybridized carbons (Fsp3) is 0.625. The van der Waals surface area contributed by atoms with Gasteiger partial charge in [0, 0.05) is 6.54 Å². The molecule has 102 valence electrons. The second-order valence-electron chi connectivity index (χ2n) is 5.77. The molecule has 0 aromatic heterocycles. The minimum absolute atomic E-state index is 0.228. The molecule has 1 N–H and O–H groups in total. The van der Waals surface area contributed by atoms with E-state index >= 15 is 0 Å². The van der Waals surface area contributed by atoms with E-state index in [1.807, 2.05) is 12.1 Å². The predicted octanol–water partition coefficient (Wildman–Crippen LogP) is 3.64. The standard InChI is InChI=1S/C16H27NO/c1-12(2)10-17-11-16(13(3)4)18-15-8-6-14(5)7-9-15/h6-9,12-13,16-17H,10-11H2,1-5H3. The van der Waals surface area contributed by atoms with Gasteiger partial charge in [-0.15, -0.1) is 0 Å². The van der Waals surface area contributed by atoms with Crippen molar-refractivity contribution < 1.29 is 4.74 Å². The maximum absolute atomic E-state index is 6.05. The molecule has 0 aliphatic carbocycles. The molecule has 1 unspecified atom stereocenters. The summed E-state index contributed by atoms with van der Waals surface area (Å²) >= 11 is 0. The fourth-order valence-corrected chi connectivity index (χ4v) is 1.72. The zero-order valence-electron chi connectivity index (χ0n) is 12.4. The topological polar surface area (TPSA) is 21.3 Å². The maximum Gasteiger partial charge on any atom is 0.119 e. The Morgan fingerprint density at radius 3 is 2.11 bits per heavy atom. The minimum Gasteiger partial charge on any atom is -0.489 e. The molecule has 0 saturated heterocycles. The molecule has 1 aromatic carbocycles. The van der Waals surface area contributed by atoms with Gasteiger partial charge in [0.15, 0.2) is 0 Å². The van der Waals surface area contributed by atoms with E-state index < -0.39 is 0 Å². The molecule has 0 radical (unpaired) electrons. The largest absolute Gasteiger partial charge is 0.489 e. The van der Waals surface area contributed by atoms with Crippen LogP contribution in [0.3, 0.4) is 0 Å². The Labute approximate surface area is 112 Å². The van der Waals surface area contributed by atoms with Gasteiger partial charge in [0.05, 0.1) is 0 Å².